The van der Waals surface area contributed by atoms with Gasteiger partial charge < -0.3 is 9.64 Å². The molecule has 0 bridgehead atoms. The van der Waals surface area contributed by atoms with Gasteiger partial charge in [-0.15, -0.1) is 0 Å². The summed E-state index contributed by atoms with van der Waals surface area (Å²) in [6.45, 7) is 5.03. The highest BCUT2D eigenvalue weighted by atomic mass is 19.4. The van der Waals surface area contributed by atoms with E-state index in [1.54, 1.807) is 4.90 Å². The van der Waals surface area contributed by atoms with Crippen LogP contribution in [0.2, 0.25) is 0 Å². The number of morpholine rings is 1. The van der Waals surface area contributed by atoms with Gasteiger partial charge in [-0.2, -0.15) is 13.2 Å². The van der Waals surface area contributed by atoms with Crippen LogP contribution in [0.15, 0.2) is 24.3 Å². The maximum atomic E-state index is 12.5. The zero-order chi connectivity index (χ0) is 15.0. The molecule has 0 unspecified atom stereocenters. The first-order valence-electron chi connectivity index (χ1n) is 6.29. The Balaban J connectivity index is 2.21. The highest BCUT2D eigenvalue weighted by Gasteiger charge is 2.35. The normalized spacial score (nSPS) is 18.9. The third-order valence-corrected chi connectivity index (χ3v) is 3.35. The van der Waals surface area contributed by atoms with E-state index < -0.39 is 17.3 Å². The SMILES string of the molecule is CC1(C)COCCN1C(=O)c1ccc(C(F)(F)F)cc1. The monoisotopic (exact) mass is 287 g/mol. The van der Waals surface area contributed by atoms with E-state index in [1.165, 1.54) is 12.1 Å². The summed E-state index contributed by atoms with van der Waals surface area (Å²) in [5, 5.41) is 0. The smallest absolute Gasteiger partial charge is 0.377 e. The summed E-state index contributed by atoms with van der Waals surface area (Å²) in [6, 6.07) is 4.30. The third kappa shape index (κ3) is 2.95. The highest BCUT2D eigenvalue weighted by Crippen LogP contribution is 2.29. The third-order valence-electron chi connectivity index (χ3n) is 3.35. The second-order valence-electron chi connectivity index (χ2n) is 5.40. The summed E-state index contributed by atoms with van der Waals surface area (Å²) in [5.74, 6) is -0.271. The zero-order valence-electron chi connectivity index (χ0n) is 11.3. The maximum absolute atomic E-state index is 12.5. The van der Waals surface area contributed by atoms with Crippen molar-refractivity contribution in [3.05, 3.63) is 35.4 Å². The number of amides is 1. The lowest BCUT2D eigenvalue weighted by molar-refractivity contribution is -0.137. The molecule has 1 saturated heterocycles. The molecule has 0 atom stereocenters. The quantitative estimate of drug-likeness (QED) is 0.794. The fraction of sp³-hybridized carbons (Fsp3) is 0.500. The van der Waals surface area contributed by atoms with E-state index in [0.717, 1.165) is 12.1 Å². The van der Waals surface area contributed by atoms with Crippen LogP contribution in [0.25, 0.3) is 0 Å². The van der Waals surface area contributed by atoms with E-state index in [-0.39, 0.29) is 11.5 Å². The van der Waals surface area contributed by atoms with Gasteiger partial charge in [0, 0.05) is 12.1 Å². The van der Waals surface area contributed by atoms with Crippen molar-refractivity contribution in [3.63, 3.8) is 0 Å². The predicted octanol–water partition coefficient (Wildman–Crippen LogP) is 2.96. The summed E-state index contributed by atoms with van der Waals surface area (Å²) in [4.78, 5) is 14.0. The van der Waals surface area contributed by atoms with Crippen LogP contribution in [0.1, 0.15) is 29.8 Å². The molecule has 1 amide bonds. The molecule has 1 aromatic rings. The van der Waals surface area contributed by atoms with Gasteiger partial charge in [0.2, 0.25) is 0 Å². The Kier molecular flexibility index (Phi) is 3.77. The predicted molar refractivity (Wildman–Crippen MR) is 67.4 cm³/mol. The van der Waals surface area contributed by atoms with E-state index in [0.29, 0.717) is 19.8 Å². The van der Waals surface area contributed by atoms with Crippen molar-refractivity contribution >= 4 is 5.91 Å². The number of carbonyl (C=O) groups is 1. The van der Waals surface area contributed by atoms with Crippen molar-refractivity contribution in [3.8, 4) is 0 Å². The van der Waals surface area contributed by atoms with E-state index >= 15 is 0 Å². The molecule has 0 aliphatic carbocycles. The van der Waals surface area contributed by atoms with Crippen molar-refractivity contribution in [1.82, 2.24) is 4.90 Å². The summed E-state index contributed by atoms with van der Waals surface area (Å²) in [6.07, 6.45) is -4.39. The molecule has 110 valence electrons. The van der Waals surface area contributed by atoms with Crippen molar-refractivity contribution < 1.29 is 22.7 Å². The topological polar surface area (TPSA) is 29.5 Å². The van der Waals surface area contributed by atoms with Gasteiger partial charge in [0.05, 0.1) is 24.3 Å². The standard InChI is InChI=1S/C14H16F3NO2/c1-13(2)9-20-8-7-18(13)12(19)10-3-5-11(6-4-10)14(15,16)17/h3-6H,7-9H2,1-2H3. The molecule has 1 aliphatic rings. The first-order valence-corrected chi connectivity index (χ1v) is 6.29. The van der Waals surface area contributed by atoms with Crippen LogP contribution in [-0.2, 0) is 10.9 Å². The Labute approximate surface area is 115 Å². The van der Waals surface area contributed by atoms with Crippen LogP contribution in [0.5, 0.6) is 0 Å². The Hall–Kier alpha value is -1.56. The maximum Gasteiger partial charge on any atom is 0.416 e. The first kappa shape index (κ1) is 14.8. The van der Waals surface area contributed by atoms with Gasteiger partial charge in [-0.25, -0.2) is 0 Å². The molecule has 1 heterocycles. The van der Waals surface area contributed by atoms with Crippen LogP contribution in [0.3, 0.4) is 0 Å². The van der Waals surface area contributed by atoms with Gasteiger partial charge in [-0.1, -0.05) is 0 Å². The molecule has 0 radical (unpaired) electrons. The lowest BCUT2D eigenvalue weighted by Gasteiger charge is -2.42. The van der Waals surface area contributed by atoms with Gasteiger partial charge in [-0.3, -0.25) is 4.79 Å². The fourth-order valence-corrected chi connectivity index (χ4v) is 2.19. The number of benzene rings is 1. The molecule has 0 N–H and O–H groups in total. The first-order chi connectivity index (χ1) is 9.22. The summed E-state index contributed by atoms with van der Waals surface area (Å²) >= 11 is 0. The Morgan fingerprint density at radius 2 is 1.85 bits per heavy atom. The van der Waals surface area contributed by atoms with Crippen molar-refractivity contribution in [2.45, 2.75) is 25.6 Å². The number of rotatable bonds is 1. The number of alkyl halides is 3. The average molecular weight is 287 g/mol. The Bertz CT molecular complexity index is 494. The van der Waals surface area contributed by atoms with Crippen LogP contribution < -0.4 is 0 Å². The number of hydrogen-bond acceptors (Lipinski definition) is 2. The van der Waals surface area contributed by atoms with E-state index in [2.05, 4.69) is 0 Å². The molecule has 1 fully saturated rings. The van der Waals surface area contributed by atoms with Crippen LogP contribution in [0, 0.1) is 0 Å². The number of ether oxygens (including phenoxy) is 1. The minimum atomic E-state index is -4.39. The molecule has 0 spiro atoms. The number of hydrogen-bond donors (Lipinski definition) is 0. The van der Waals surface area contributed by atoms with Gasteiger partial charge in [-0.05, 0) is 38.1 Å². The van der Waals surface area contributed by atoms with E-state index in [9.17, 15) is 18.0 Å². The second kappa shape index (κ2) is 5.09. The number of nitrogens with zero attached hydrogens (tertiary/aromatic N) is 1. The molecular weight excluding hydrogens is 271 g/mol. The number of carbonyl (C=O) groups excluding carboxylic acids is 1. The Morgan fingerprint density at radius 1 is 1.25 bits per heavy atom. The molecular formula is C14H16F3NO2. The molecule has 0 saturated carbocycles. The average Bonchev–Trinajstić information content (AvgIpc) is 2.36. The lowest BCUT2D eigenvalue weighted by Crippen LogP contribution is -2.55. The van der Waals surface area contributed by atoms with Gasteiger partial charge in [0.1, 0.15) is 0 Å². The molecule has 2 rings (SSSR count). The van der Waals surface area contributed by atoms with Gasteiger partial charge >= 0.3 is 6.18 Å². The van der Waals surface area contributed by atoms with E-state index in [4.69, 9.17) is 4.74 Å². The van der Waals surface area contributed by atoms with Crippen LogP contribution >= 0.6 is 0 Å². The molecule has 1 aromatic carbocycles. The van der Waals surface area contributed by atoms with Gasteiger partial charge in [0.25, 0.3) is 5.91 Å². The van der Waals surface area contributed by atoms with Gasteiger partial charge in [0.15, 0.2) is 0 Å². The summed E-state index contributed by atoms with van der Waals surface area (Å²) < 4.78 is 42.8. The van der Waals surface area contributed by atoms with Crippen molar-refractivity contribution in [1.29, 1.82) is 0 Å². The zero-order valence-corrected chi connectivity index (χ0v) is 11.3. The second-order valence-corrected chi connectivity index (χ2v) is 5.40. The largest absolute Gasteiger partial charge is 0.416 e. The van der Waals surface area contributed by atoms with Crippen LogP contribution in [-0.4, -0.2) is 36.1 Å². The number of halogens is 3. The lowest BCUT2D eigenvalue weighted by atomic mass is 10.0. The van der Waals surface area contributed by atoms with Crippen molar-refractivity contribution in [2.75, 3.05) is 19.8 Å². The molecule has 3 nitrogen and oxygen atoms in total. The minimum absolute atomic E-state index is 0.257. The Morgan fingerprint density at radius 3 is 2.35 bits per heavy atom. The molecule has 6 heteroatoms. The van der Waals surface area contributed by atoms with E-state index in [1.807, 2.05) is 13.8 Å². The molecule has 20 heavy (non-hydrogen) atoms. The summed E-state index contributed by atoms with van der Waals surface area (Å²) in [5.41, 5.74) is -0.957. The fourth-order valence-electron chi connectivity index (χ4n) is 2.19. The highest BCUT2D eigenvalue weighted by molar-refractivity contribution is 5.94. The molecule has 1 aliphatic heterocycles. The van der Waals surface area contributed by atoms with Crippen molar-refractivity contribution in [2.24, 2.45) is 0 Å². The minimum Gasteiger partial charge on any atom is -0.377 e. The van der Waals surface area contributed by atoms with Crippen LogP contribution in [0.4, 0.5) is 13.2 Å². The summed E-state index contributed by atoms with van der Waals surface area (Å²) in [7, 11) is 0. The molecule has 0 aromatic heterocycles.